The molecule has 0 atom stereocenters. The highest BCUT2D eigenvalue weighted by Gasteiger charge is 2.21. The van der Waals surface area contributed by atoms with Crippen LogP contribution < -0.4 is 4.74 Å². The molecule has 0 saturated carbocycles. The van der Waals surface area contributed by atoms with Gasteiger partial charge in [-0.15, -0.1) is 10.2 Å². The van der Waals surface area contributed by atoms with Crippen molar-refractivity contribution in [3.63, 3.8) is 0 Å². The number of hydrogen-bond acceptors (Lipinski definition) is 8. The van der Waals surface area contributed by atoms with E-state index in [2.05, 4.69) is 10.2 Å². The van der Waals surface area contributed by atoms with Gasteiger partial charge in [0.1, 0.15) is 5.75 Å². The highest BCUT2D eigenvalue weighted by molar-refractivity contribution is 5.57. The zero-order valence-electron chi connectivity index (χ0n) is 11.9. The quantitative estimate of drug-likeness (QED) is 0.514. The minimum absolute atomic E-state index is 0.101. The summed E-state index contributed by atoms with van der Waals surface area (Å²) in [7, 11) is 0. The Kier molecular flexibility index (Phi) is 3.85. The van der Waals surface area contributed by atoms with Gasteiger partial charge >= 0.3 is 5.69 Å². The third-order valence-corrected chi connectivity index (χ3v) is 3.04. The van der Waals surface area contributed by atoms with Gasteiger partial charge in [0.25, 0.3) is 5.69 Å². The number of nitro groups is 2. The Balaban J connectivity index is 1.88. The summed E-state index contributed by atoms with van der Waals surface area (Å²) in [5.41, 5.74) is -0.232. The molecule has 3 aromatic rings. The molecule has 0 radical (unpaired) electrons. The predicted octanol–water partition coefficient (Wildman–Crippen LogP) is 3.35. The third kappa shape index (κ3) is 3.02. The second-order valence-corrected chi connectivity index (χ2v) is 4.54. The summed E-state index contributed by atoms with van der Waals surface area (Å²) in [4.78, 5) is 20.3. The fraction of sp³-hybridized carbons (Fsp3) is 0. The molecule has 0 aliphatic rings. The lowest BCUT2D eigenvalue weighted by atomic mass is 10.2. The molecule has 0 aliphatic heterocycles. The molecule has 120 valence electrons. The number of non-ortho nitro benzene ring substituents is 1. The number of nitrogens with zero attached hydrogens (tertiary/aromatic N) is 4. The first-order valence-corrected chi connectivity index (χ1v) is 6.52. The first-order chi connectivity index (χ1) is 11.5. The Hall–Kier alpha value is -3.82. The zero-order valence-corrected chi connectivity index (χ0v) is 11.9. The van der Waals surface area contributed by atoms with Crippen molar-refractivity contribution in [2.45, 2.75) is 0 Å². The van der Waals surface area contributed by atoms with Gasteiger partial charge in [-0.25, -0.2) is 0 Å². The molecule has 3 rings (SSSR count). The normalized spacial score (nSPS) is 10.3. The fourth-order valence-electron chi connectivity index (χ4n) is 1.94. The molecule has 1 aromatic heterocycles. The highest BCUT2D eigenvalue weighted by Crippen LogP contribution is 2.34. The van der Waals surface area contributed by atoms with E-state index in [0.717, 1.165) is 12.1 Å². The van der Waals surface area contributed by atoms with Crippen LogP contribution in [-0.2, 0) is 0 Å². The minimum atomic E-state index is -0.741. The van der Waals surface area contributed by atoms with E-state index in [4.69, 9.17) is 9.15 Å². The Labute approximate surface area is 133 Å². The minimum Gasteiger partial charge on any atom is -0.450 e. The number of nitro benzene ring substituents is 2. The number of aromatic nitrogens is 2. The van der Waals surface area contributed by atoms with Crippen molar-refractivity contribution < 1.29 is 19.0 Å². The van der Waals surface area contributed by atoms with Crippen LogP contribution in [0.15, 0.2) is 53.3 Å². The van der Waals surface area contributed by atoms with Gasteiger partial charge in [0.05, 0.1) is 15.9 Å². The van der Waals surface area contributed by atoms with E-state index >= 15 is 0 Å². The summed E-state index contributed by atoms with van der Waals surface area (Å²) in [6, 6.07) is 9.56. The van der Waals surface area contributed by atoms with E-state index in [-0.39, 0.29) is 11.4 Å². The molecule has 0 spiro atoms. The van der Waals surface area contributed by atoms with Gasteiger partial charge in [-0.1, -0.05) is 0 Å². The first kappa shape index (κ1) is 15.1. The Morgan fingerprint density at radius 2 is 1.75 bits per heavy atom. The second-order valence-electron chi connectivity index (χ2n) is 4.54. The average molecular weight is 328 g/mol. The predicted molar refractivity (Wildman–Crippen MR) is 79.6 cm³/mol. The van der Waals surface area contributed by atoms with Crippen LogP contribution in [0.4, 0.5) is 11.4 Å². The molecule has 0 bridgehead atoms. The average Bonchev–Trinajstić information content (AvgIpc) is 3.10. The van der Waals surface area contributed by atoms with E-state index in [1.165, 1.54) is 12.5 Å². The maximum Gasteiger partial charge on any atom is 0.318 e. The molecule has 10 heteroatoms. The van der Waals surface area contributed by atoms with Crippen LogP contribution in [0.2, 0.25) is 0 Å². The molecule has 0 N–H and O–H groups in total. The molecule has 2 aromatic carbocycles. The van der Waals surface area contributed by atoms with Gasteiger partial charge in [0, 0.05) is 11.6 Å². The van der Waals surface area contributed by atoms with Crippen molar-refractivity contribution in [2.24, 2.45) is 0 Å². The number of ether oxygens (including phenoxy) is 1. The smallest absolute Gasteiger partial charge is 0.318 e. The first-order valence-electron chi connectivity index (χ1n) is 6.52. The summed E-state index contributed by atoms with van der Waals surface area (Å²) in [6.45, 7) is 0. The molecule has 0 fully saturated rings. The maximum atomic E-state index is 11.1. The van der Waals surface area contributed by atoms with E-state index in [1.807, 2.05) is 0 Å². The summed E-state index contributed by atoms with van der Waals surface area (Å²) < 4.78 is 10.5. The lowest BCUT2D eigenvalue weighted by Gasteiger charge is -2.06. The van der Waals surface area contributed by atoms with Crippen molar-refractivity contribution in [3.05, 3.63) is 69.1 Å². The maximum absolute atomic E-state index is 11.1. The highest BCUT2D eigenvalue weighted by atomic mass is 16.6. The van der Waals surface area contributed by atoms with Crippen LogP contribution in [-0.4, -0.2) is 20.0 Å². The van der Waals surface area contributed by atoms with Gasteiger partial charge in [0.2, 0.25) is 18.0 Å². The van der Waals surface area contributed by atoms with Gasteiger partial charge in [-0.3, -0.25) is 20.2 Å². The van der Waals surface area contributed by atoms with Crippen LogP contribution in [0.25, 0.3) is 11.5 Å². The summed E-state index contributed by atoms with van der Waals surface area (Å²) in [5.74, 6) is 0.536. The molecule has 10 nitrogen and oxygen atoms in total. The molecule has 0 saturated heterocycles. The van der Waals surface area contributed by atoms with Crippen LogP contribution in [0, 0.1) is 20.2 Å². The summed E-state index contributed by atoms with van der Waals surface area (Å²) >= 11 is 0. The van der Waals surface area contributed by atoms with Crippen molar-refractivity contribution >= 4 is 11.4 Å². The van der Waals surface area contributed by atoms with Crippen LogP contribution in [0.5, 0.6) is 11.5 Å². The molecule has 1 heterocycles. The standard InChI is InChI=1S/C14H8N4O6/c19-17(20)10-3-6-13(12(7-10)18(21)22)24-11-4-1-9(2-5-11)14-16-15-8-23-14/h1-8H. The zero-order chi connectivity index (χ0) is 17.1. The van der Waals surface area contributed by atoms with Crippen molar-refractivity contribution in [1.82, 2.24) is 10.2 Å². The number of hydrogen-bond donors (Lipinski definition) is 0. The Bertz CT molecular complexity index is 892. The second kappa shape index (κ2) is 6.12. The SMILES string of the molecule is O=[N+]([O-])c1ccc(Oc2ccc(-c3nnco3)cc2)c([N+](=O)[O-])c1. The van der Waals surface area contributed by atoms with E-state index < -0.39 is 15.5 Å². The van der Waals surface area contributed by atoms with E-state index in [1.54, 1.807) is 24.3 Å². The largest absolute Gasteiger partial charge is 0.450 e. The monoisotopic (exact) mass is 328 g/mol. The van der Waals surface area contributed by atoms with Gasteiger partial charge < -0.3 is 9.15 Å². The van der Waals surface area contributed by atoms with Gasteiger partial charge in [0.15, 0.2) is 0 Å². The Morgan fingerprint density at radius 1 is 1.00 bits per heavy atom. The Morgan fingerprint density at radius 3 is 2.33 bits per heavy atom. The summed E-state index contributed by atoms with van der Waals surface area (Å²) in [6.07, 6.45) is 1.19. The topological polar surface area (TPSA) is 134 Å². The molecule has 0 aliphatic carbocycles. The van der Waals surface area contributed by atoms with Crippen LogP contribution >= 0.6 is 0 Å². The molecular weight excluding hydrogens is 320 g/mol. The molecule has 24 heavy (non-hydrogen) atoms. The van der Waals surface area contributed by atoms with Crippen molar-refractivity contribution in [3.8, 4) is 23.0 Å². The lowest BCUT2D eigenvalue weighted by molar-refractivity contribution is -0.394. The van der Waals surface area contributed by atoms with Gasteiger partial charge in [-0.05, 0) is 30.3 Å². The molecular formula is C14H8N4O6. The van der Waals surface area contributed by atoms with Crippen molar-refractivity contribution in [1.29, 1.82) is 0 Å². The molecule has 0 amide bonds. The third-order valence-electron chi connectivity index (χ3n) is 3.04. The van der Waals surface area contributed by atoms with Gasteiger partial charge in [-0.2, -0.15) is 0 Å². The van der Waals surface area contributed by atoms with E-state index in [9.17, 15) is 20.2 Å². The molecule has 0 unspecified atom stereocenters. The number of rotatable bonds is 5. The van der Waals surface area contributed by atoms with Crippen LogP contribution in [0.1, 0.15) is 0 Å². The van der Waals surface area contributed by atoms with Crippen molar-refractivity contribution in [2.75, 3.05) is 0 Å². The van der Waals surface area contributed by atoms with Crippen LogP contribution in [0.3, 0.4) is 0 Å². The fourth-order valence-corrected chi connectivity index (χ4v) is 1.94. The summed E-state index contributed by atoms with van der Waals surface area (Å²) in [5, 5.41) is 29.1. The van der Waals surface area contributed by atoms with E-state index in [0.29, 0.717) is 17.2 Å². The number of benzene rings is 2. The lowest BCUT2D eigenvalue weighted by Crippen LogP contribution is -1.96.